The van der Waals surface area contributed by atoms with Crippen molar-refractivity contribution in [3.05, 3.63) is 135 Å². The maximum absolute atomic E-state index is 14.4. The van der Waals surface area contributed by atoms with E-state index < -0.39 is 0 Å². The van der Waals surface area contributed by atoms with E-state index in [9.17, 15) is 4.39 Å². The second-order valence-electron chi connectivity index (χ2n) is 10.6. The molecule has 5 aromatic rings. The Hall–Kier alpha value is -4.51. The van der Waals surface area contributed by atoms with Crippen LogP contribution in [0.5, 0.6) is 0 Å². The highest BCUT2D eigenvalue weighted by molar-refractivity contribution is 6.24. The number of rotatable bonds is 3. The van der Waals surface area contributed by atoms with Gasteiger partial charge in [0.05, 0.1) is 11.4 Å². The summed E-state index contributed by atoms with van der Waals surface area (Å²) in [6.45, 7) is 12.7. The third-order valence-electron chi connectivity index (χ3n) is 7.50. The predicted molar refractivity (Wildman–Crippen MR) is 157 cm³/mol. The Balaban J connectivity index is 1.67. The van der Waals surface area contributed by atoms with E-state index in [4.69, 9.17) is 10.2 Å². The topological polar surface area (TPSA) is 34.6 Å². The first-order chi connectivity index (χ1) is 18.7. The lowest BCUT2D eigenvalue weighted by Gasteiger charge is -2.15. The minimum atomic E-state index is -0.287. The highest BCUT2D eigenvalue weighted by atomic mass is 19.1. The largest absolute Gasteiger partial charge is 0.284 e. The first kappa shape index (κ1) is 24.8. The van der Waals surface area contributed by atoms with Crippen molar-refractivity contribution in [3.8, 4) is 22.5 Å². The molecule has 5 heteroatoms. The van der Waals surface area contributed by atoms with Gasteiger partial charge in [-0.25, -0.2) is 4.39 Å². The smallest absolute Gasteiger partial charge is 0.239 e. The highest BCUT2D eigenvalue weighted by Crippen LogP contribution is 2.37. The maximum atomic E-state index is 14.4. The third kappa shape index (κ3) is 4.15. The molecule has 0 atom stereocenters. The number of aryl methyl sites for hydroxylation is 6. The van der Waals surface area contributed by atoms with E-state index in [1.165, 1.54) is 17.2 Å². The van der Waals surface area contributed by atoms with E-state index in [2.05, 4.69) is 93.4 Å². The van der Waals surface area contributed by atoms with E-state index in [1.807, 2.05) is 24.3 Å². The van der Waals surface area contributed by atoms with Crippen LogP contribution in [0.1, 0.15) is 44.5 Å². The van der Waals surface area contributed by atoms with Crippen molar-refractivity contribution < 1.29 is 4.39 Å². The molecule has 0 bridgehead atoms. The first-order valence-corrected chi connectivity index (χ1v) is 13.2. The molecule has 0 amide bonds. The van der Waals surface area contributed by atoms with Crippen LogP contribution in [0, 0.1) is 47.4 Å². The molecule has 1 aromatic heterocycles. The molecule has 0 saturated heterocycles. The fourth-order valence-corrected chi connectivity index (χ4v) is 6.15. The Morgan fingerprint density at radius 1 is 0.538 bits per heavy atom. The molecule has 0 aliphatic heterocycles. The zero-order chi connectivity index (χ0) is 27.4. The number of imidazole rings is 1. The van der Waals surface area contributed by atoms with E-state index in [0.717, 1.165) is 55.9 Å². The molecule has 0 N–H and O–H groups in total. The summed E-state index contributed by atoms with van der Waals surface area (Å²) in [6, 6.07) is 21.7. The zero-order valence-corrected chi connectivity index (χ0v) is 23.2. The van der Waals surface area contributed by atoms with E-state index in [1.54, 1.807) is 6.07 Å². The molecule has 4 aromatic carbocycles. The van der Waals surface area contributed by atoms with Crippen LogP contribution in [0.2, 0.25) is 0 Å². The minimum absolute atomic E-state index is 0.287. The van der Waals surface area contributed by atoms with Gasteiger partial charge >= 0.3 is 0 Å². The summed E-state index contributed by atoms with van der Waals surface area (Å²) in [6.07, 6.45) is 4.11. The van der Waals surface area contributed by atoms with Crippen LogP contribution < -0.4 is 5.62 Å². The highest BCUT2D eigenvalue weighted by Gasteiger charge is 2.25. The Labute approximate surface area is 228 Å². The summed E-state index contributed by atoms with van der Waals surface area (Å²) in [4.78, 5) is 0. The van der Waals surface area contributed by atoms with Crippen LogP contribution in [-0.4, -0.2) is 14.8 Å². The van der Waals surface area contributed by atoms with Gasteiger partial charge in [0.25, 0.3) is 0 Å². The lowest BCUT2D eigenvalue weighted by molar-refractivity contribution is 0.628. The van der Waals surface area contributed by atoms with Gasteiger partial charge in [-0.15, -0.1) is 10.2 Å². The minimum Gasteiger partial charge on any atom is -0.284 e. The van der Waals surface area contributed by atoms with Crippen LogP contribution in [0.3, 0.4) is 0 Å². The number of halogens is 1. The van der Waals surface area contributed by atoms with Gasteiger partial charge in [0.1, 0.15) is 11.5 Å². The molecule has 0 saturated carbocycles. The number of fused-ring (bicyclic) bond motifs is 3. The first-order valence-electron chi connectivity index (χ1n) is 13.2. The number of hydrogen-bond donors (Lipinski definition) is 0. The normalized spacial score (nSPS) is 13.1. The Bertz CT molecular complexity index is 1760. The molecule has 0 unspecified atom stereocenters. The molecule has 4 nitrogen and oxygen atoms in total. The van der Waals surface area contributed by atoms with Gasteiger partial charge in [0.15, 0.2) is 0 Å². The molecule has 0 fully saturated rings. The number of aromatic nitrogens is 2. The lowest BCUT2D eigenvalue weighted by atomic mass is 10.0. The second kappa shape index (κ2) is 9.35. The van der Waals surface area contributed by atoms with Gasteiger partial charge in [-0.1, -0.05) is 65.7 Å². The molecular weight excluding hydrogens is 483 g/mol. The van der Waals surface area contributed by atoms with Crippen molar-refractivity contribution in [1.29, 1.82) is 0 Å². The maximum Gasteiger partial charge on any atom is 0.239 e. The van der Waals surface area contributed by atoms with E-state index in [-0.39, 0.29) is 5.82 Å². The Morgan fingerprint density at radius 3 is 1.56 bits per heavy atom. The monoisotopic (exact) mass is 514 g/mol. The quantitative estimate of drug-likeness (QED) is 0.218. The molecule has 6 rings (SSSR count). The molecular formula is C34H31FN4. The van der Waals surface area contributed by atoms with Crippen molar-refractivity contribution in [1.82, 2.24) is 9.13 Å². The fourth-order valence-electron chi connectivity index (χ4n) is 6.15. The molecule has 0 radical (unpaired) electrons. The Morgan fingerprint density at radius 2 is 1.03 bits per heavy atom. The van der Waals surface area contributed by atoms with Gasteiger partial charge in [0.2, 0.25) is 5.62 Å². The van der Waals surface area contributed by atoms with Crippen LogP contribution >= 0.6 is 0 Å². The zero-order valence-electron chi connectivity index (χ0n) is 23.2. The molecule has 194 valence electrons. The van der Waals surface area contributed by atoms with Crippen molar-refractivity contribution in [2.45, 2.75) is 41.5 Å². The standard InChI is InChI=1S/C34H31FN4/c1-20-15-22(3)32(23(4)16-20)38-13-14-39(33-24(5)17-21(2)18-25(33)6)34(38)37-36-31-29-10-8-7-9-27(29)28-12-11-26(35)19-30(28)31/h7-19H,1-6H3/b36-31+. The summed E-state index contributed by atoms with van der Waals surface area (Å²) >= 11 is 0. The van der Waals surface area contributed by atoms with Crippen LogP contribution in [0.25, 0.3) is 22.5 Å². The van der Waals surface area contributed by atoms with Crippen LogP contribution in [0.15, 0.2) is 89.3 Å². The van der Waals surface area contributed by atoms with Gasteiger partial charge in [0, 0.05) is 23.5 Å². The molecule has 1 aliphatic rings. The summed E-state index contributed by atoms with van der Waals surface area (Å²) in [7, 11) is 0. The van der Waals surface area contributed by atoms with Gasteiger partial charge < -0.3 is 0 Å². The van der Waals surface area contributed by atoms with Gasteiger partial charge in [-0.3, -0.25) is 9.13 Å². The number of benzene rings is 4. The van der Waals surface area contributed by atoms with Crippen LogP contribution in [-0.2, 0) is 0 Å². The fraction of sp³-hybridized carbons (Fsp3) is 0.176. The van der Waals surface area contributed by atoms with Crippen LogP contribution in [0.4, 0.5) is 4.39 Å². The second-order valence-corrected chi connectivity index (χ2v) is 10.6. The summed E-state index contributed by atoms with van der Waals surface area (Å²) in [5.74, 6) is -0.287. The molecule has 1 aliphatic carbocycles. The predicted octanol–water partition coefficient (Wildman–Crippen LogP) is 7.59. The van der Waals surface area contributed by atoms with Crippen molar-refractivity contribution in [3.63, 3.8) is 0 Å². The van der Waals surface area contributed by atoms with Crippen molar-refractivity contribution in [2.75, 3.05) is 0 Å². The van der Waals surface area contributed by atoms with Gasteiger partial charge in [-0.2, -0.15) is 0 Å². The Kier molecular flexibility index (Phi) is 5.95. The molecule has 39 heavy (non-hydrogen) atoms. The van der Waals surface area contributed by atoms with E-state index >= 15 is 0 Å². The average Bonchev–Trinajstić information content (AvgIpc) is 3.40. The average molecular weight is 515 g/mol. The van der Waals surface area contributed by atoms with Crippen molar-refractivity contribution >= 4 is 5.71 Å². The van der Waals surface area contributed by atoms with E-state index in [0.29, 0.717) is 11.3 Å². The number of hydrogen-bond acceptors (Lipinski definition) is 2. The third-order valence-corrected chi connectivity index (χ3v) is 7.50. The van der Waals surface area contributed by atoms with Crippen molar-refractivity contribution in [2.24, 2.45) is 10.2 Å². The molecule has 1 heterocycles. The summed E-state index contributed by atoms with van der Waals surface area (Å²) in [5, 5.41) is 9.78. The molecule has 0 spiro atoms. The lowest BCUT2D eigenvalue weighted by Crippen LogP contribution is -2.26. The SMILES string of the molecule is Cc1cc(C)c(-n2ccn(-c3c(C)cc(C)cc3C)c2=N/N=C2\c3ccccc3-c3ccc(F)cc32)c(C)c1. The summed E-state index contributed by atoms with van der Waals surface area (Å²) < 4.78 is 18.6. The van der Waals surface area contributed by atoms with Gasteiger partial charge in [-0.05, 0) is 87.1 Å². The summed E-state index contributed by atoms with van der Waals surface area (Å²) in [5.41, 5.74) is 14.3. The number of nitrogens with zero attached hydrogens (tertiary/aromatic N) is 4.